The van der Waals surface area contributed by atoms with Gasteiger partial charge in [0.2, 0.25) is 5.91 Å². The second kappa shape index (κ2) is 9.92. The molecule has 0 bridgehead atoms. The maximum Gasteiger partial charge on any atom is 0.258 e. The Labute approximate surface area is 203 Å². The number of fused-ring (bicyclic) bond motifs is 2. The molecule has 1 fully saturated rings. The van der Waals surface area contributed by atoms with E-state index in [9.17, 15) is 9.59 Å². The summed E-state index contributed by atoms with van der Waals surface area (Å²) in [5.41, 5.74) is 2.25. The maximum absolute atomic E-state index is 13.3. The van der Waals surface area contributed by atoms with Crippen LogP contribution in [0.1, 0.15) is 36.7 Å². The molecule has 2 atom stereocenters. The second-order valence-electron chi connectivity index (χ2n) is 9.05. The van der Waals surface area contributed by atoms with E-state index in [1.54, 1.807) is 36.3 Å². The smallest absolute Gasteiger partial charge is 0.258 e. The predicted molar refractivity (Wildman–Crippen MR) is 133 cm³/mol. The number of carbonyl (C=O) groups excluding carboxylic acids is 1. The summed E-state index contributed by atoms with van der Waals surface area (Å²) in [6.45, 7) is 3.31. The van der Waals surface area contributed by atoms with Crippen molar-refractivity contribution in [3.05, 3.63) is 69.8 Å². The van der Waals surface area contributed by atoms with Gasteiger partial charge in [0, 0.05) is 36.8 Å². The summed E-state index contributed by atoms with van der Waals surface area (Å²) in [6.07, 6.45) is 6.05. The lowest BCUT2D eigenvalue weighted by atomic mass is 10.1. The Balaban J connectivity index is 1.40. The van der Waals surface area contributed by atoms with Crippen LogP contribution in [-0.2, 0) is 22.5 Å². The summed E-state index contributed by atoms with van der Waals surface area (Å²) in [7, 11) is 1.62. The average molecular weight is 476 g/mol. The third kappa shape index (κ3) is 5.07. The number of H-pyrrole nitrogens is 1. The second-order valence-corrected chi connectivity index (χ2v) is 9.05. The minimum Gasteiger partial charge on any atom is -0.496 e. The number of hydrogen-bond donors (Lipinski definition) is 1. The Morgan fingerprint density at radius 2 is 2.17 bits per heavy atom. The number of methoxy groups -OCH3 is 1. The number of aromatic nitrogens is 2. The van der Waals surface area contributed by atoms with Gasteiger partial charge in [-0.3, -0.25) is 9.59 Å². The van der Waals surface area contributed by atoms with E-state index in [0.29, 0.717) is 35.6 Å². The van der Waals surface area contributed by atoms with Crippen LogP contribution < -0.4 is 15.0 Å². The molecule has 1 N–H and O–H groups in total. The van der Waals surface area contributed by atoms with Gasteiger partial charge in [0.25, 0.3) is 5.56 Å². The fourth-order valence-electron chi connectivity index (χ4n) is 4.69. The number of amides is 1. The molecule has 8 heteroatoms. The SMILES string of the molecule is COc1cc2c(cc1C=CC(=O)N(Cc1nc3ccccc3c(=O)[nH]1)CC1CCCO1)OC(C)C2. The normalized spacial score (nSPS) is 19.1. The summed E-state index contributed by atoms with van der Waals surface area (Å²) in [5.74, 6) is 1.75. The topological polar surface area (TPSA) is 93.8 Å². The van der Waals surface area contributed by atoms with Gasteiger partial charge in [-0.1, -0.05) is 12.1 Å². The molecule has 35 heavy (non-hydrogen) atoms. The highest BCUT2D eigenvalue weighted by atomic mass is 16.5. The van der Waals surface area contributed by atoms with Crippen molar-refractivity contribution in [2.75, 3.05) is 20.3 Å². The lowest BCUT2D eigenvalue weighted by Crippen LogP contribution is -2.36. The van der Waals surface area contributed by atoms with Gasteiger partial charge in [-0.2, -0.15) is 0 Å². The maximum atomic E-state index is 13.3. The highest BCUT2D eigenvalue weighted by Crippen LogP contribution is 2.35. The monoisotopic (exact) mass is 475 g/mol. The molecule has 3 heterocycles. The van der Waals surface area contributed by atoms with Crippen LogP contribution in [0.25, 0.3) is 17.0 Å². The van der Waals surface area contributed by atoms with Crippen molar-refractivity contribution < 1.29 is 19.0 Å². The van der Waals surface area contributed by atoms with Gasteiger partial charge in [-0.05, 0) is 50.1 Å². The Morgan fingerprint density at radius 3 is 2.97 bits per heavy atom. The minimum atomic E-state index is -0.220. The van der Waals surface area contributed by atoms with Gasteiger partial charge in [0.1, 0.15) is 23.4 Å². The molecule has 1 saturated heterocycles. The summed E-state index contributed by atoms with van der Waals surface area (Å²) in [5, 5.41) is 0.522. The molecule has 8 nitrogen and oxygen atoms in total. The van der Waals surface area contributed by atoms with Crippen LogP contribution >= 0.6 is 0 Å². The first kappa shape index (κ1) is 23.1. The minimum absolute atomic E-state index is 0.0380. The lowest BCUT2D eigenvalue weighted by Gasteiger charge is -2.24. The Hall–Kier alpha value is -3.65. The molecule has 2 aromatic carbocycles. The van der Waals surface area contributed by atoms with Gasteiger partial charge in [-0.15, -0.1) is 0 Å². The van der Waals surface area contributed by atoms with Gasteiger partial charge >= 0.3 is 0 Å². The van der Waals surface area contributed by atoms with Crippen LogP contribution in [0.5, 0.6) is 11.5 Å². The fourth-order valence-corrected chi connectivity index (χ4v) is 4.69. The highest BCUT2D eigenvalue weighted by molar-refractivity contribution is 5.92. The fraction of sp³-hybridized carbons (Fsp3) is 0.370. The molecular formula is C27H29N3O5. The molecule has 182 valence electrons. The number of aromatic amines is 1. The quantitative estimate of drug-likeness (QED) is 0.526. The Morgan fingerprint density at radius 1 is 1.31 bits per heavy atom. The number of rotatable bonds is 7. The summed E-state index contributed by atoms with van der Waals surface area (Å²) in [6, 6.07) is 11.0. The van der Waals surface area contributed by atoms with Gasteiger partial charge in [0.15, 0.2) is 0 Å². The van der Waals surface area contributed by atoms with E-state index < -0.39 is 0 Å². The van der Waals surface area contributed by atoms with E-state index in [4.69, 9.17) is 14.2 Å². The zero-order valence-corrected chi connectivity index (χ0v) is 20.0. The van der Waals surface area contributed by atoms with Crippen molar-refractivity contribution in [2.45, 2.75) is 44.9 Å². The summed E-state index contributed by atoms with van der Waals surface area (Å²) in [4.78, 5) is 34.9. The first-order valence-electron chi connectivity index (χ1n) is 11.9. The number of benzene rings is 2. The van der Waals surface area contributed by atoms with E-state index >= 15 is 0 Å². The molecule has 1 amide bonds. The first-order chi connectivity index (χ1) is 17.0. The number of carbonyl (C=O) groups is 1. The van der Waals surface area contributed by atoms with Crippen molar-refractivity contribution in [2.24, 2.45) is 0 Å². The summed E-state index contributed by atoms with van der Waals surface area (Å²) < 4.78 is 17.2. The van der Waals surface area contributed by atoms with Gasteiger partial charge < -0.3 is 24.1 Å². The zero-order valence-electron chi connectivity index (χ0n) is 20.0. The molecule has 2 aliphatic heterocycles. The largest absolute Gasteiger partial charge is 0.496 e. The van der Waals surface area contributed by atoms with Crippen LogP contribution in [-0.4, -0.2) is 53.2 Å². The molecule has 0 radical (unpaired) electrons. The predicted octanol–water partition coefficient (Wildman–Crippen LogP) is 3.48. The van der Waals surface area contributed by atoms with Crippen LogP contribution in [0.15, 0.2) is 47.3 Å². The molecule has 5 rings (SSSR count). The Bertz CT molecular complexity index is 1330. The van der Waals surface area contributed by atoms with Gasteiger partial charge in [-0.25, -0.2) is 4.98 Å². The van der Waals surface area contributed by atoms with Crippen LogP contribution in [0.2, 0.25) is 0 Å². The molecule has 0 saturated carbocycles. The summed E-state index contributed by atoms with van der Waals surface area (Å²) >= 11 is 0. The van der Waals surface area contributed by atoms with Crippen LogP contribution in [0, 0.1) is 0 Å². The third-order valence-electron chi connectivity index (χ3n) is 6.42. The molecular weight excluding hydrogens is 446 g/mol. The van der Waals surface area contributed by atoms with E-state index in [1.807, 2.05) is 25.1 Å². The number of nitrogens with one attached hydrogen (secondary N) is 1. The van der Waals surface area contributed by atoms with E-state index in [2.05, 4.69) is 9.97 Å². The zero-order chi connectivity index (χ0) is 24.4. The molecule has 0 aliphatic carbocycles. The van der Waals surface area contributed by atoms with E-state index in [-0.39, 0.29) is 30.2 Å². The lowest BCUT2D eigenvalue weighted by molar-refractivity contribution is -0.128. The van der Waals surface area contributed by atoms with E-state index in [1.165, 1.54) is 6.08 Å². The van der Waals surface area contributed by atoms with Crippen molar-refractivity contribution in [1.82, 2.24) is 14.9 Å². The average Bonchev–Trinajstić information content (AvgIpc) is 3.49. The standard InChI is InChI=1S/C27H29N3O5/c1-17-12-19-14-23(33-2)18(13-24(19)35-17)9-10-26(31)30(15-20-6-5-11-34-20)16-25-28-22-8-4-3-7-21(22)27(32)29-25/h3-4,7-10,13-14,17,20H,5-6,11-12,15-16H2,1-2H3,(H,28,29,32). The number of ether oxygens (including phenoxy) is 3. The van der Waals surface area contributed by atoms with Crippen LogP contribution in [0.3, 0.4) is 0 Å². The molecule has 3 aromatic rings. The van der Waals surface area contributed by atoms with Crippen molar-refractivity contribution in [1.29, 1.82) is 0 Å². The molecule has 0 spiro atoms. The highest BCUT2D eigenvalue weighted by Gasteiger charge is 2.24. The number of nitrogens with zero attached hydrogens (tertiary/aromatic N) is 2. The number of para-hydroxylation sites is 1. The van der Waals surface area contributed by atoms with Crippen molar-refractivity contribution in [3.8, 4) is 11.5 Å². The third-order valence-corrected chi connectivity index (χ3v) is 6.42. The van der Waals surface area contributed by atoms with Crippen LogP contribution in [0.4, 0.5) is 0 Å². The molecule has 1 aromatic heterocycles. The number of hydrogen-bond acceptors (Lipinski definition) is 6. The van der Waals surface area contributed by atoms with E-state index in [0.717, 1.165) is 36.1 Å². The Kier molecular flexibility index (Phi) is 6.55. The first-order valence-corrected chi connectivity index (χ1v) is 11.9. The van der Waals surface area contributed by atoms with Crippen molar-refractivity contribution in [3.63, 3.8) is 0 Å². The van der Waals surface area contributed by atoms with Crippen molar-refractivity contribution >= 4 is 22.9 Å². The molecule has 2 unspecified atom stereocenters. The molecule has 2 aliphatic rings. The van der Waals surface area contributed by atoms with Gasteiger partial charge in [0.05, 0.1) is 30.7 Å².